The van der Waals surface area contributed by atoms with Gasteiger partial charge in [-0.3, -0.25) is 0 Å². The molecule has 1 fully saturated rings. The molecule has 1 aliphatic rings. The van der Waals surface area contributed by atoms with Gasteiger partial charge in [0.05, 0.1) is 0 Å². The van der Waals surface area contributed by atoms with Crippen LogP contribution in [0.15, 0.2) is 6.07 Å². The van der Waals surface area contributed by atoms with Gasteiger partial charge in [-0.05, 0) is 47.0 Å². The van der Waals surface area contributed by atoms with Crippen LogP contribution in [0.3, 0.4) is 0 Å². The van der Waals surface area contributed by atoms with Crippen molar-refractivity contribution in [1.82, 2.24) is 14.9 Å². The van der Waals surface area contributed by atoms with E-state index in [9.17, 15) is 4.79 Å². The number of carbonyl (C=O) groups is 1. The first kappa shape index (κ1) is 17.5. The van der Waals surface area contributed by atoms with E-state index in [1.807, 2.05) is 40.7 Å². The minimum absolute atomic E-state index is 0.260. The van der Waals surface area contributed by atoms with Crippen LogP contribution in [0.25, 0.3) is 0 Å². The van der Waals surface area contributed by atoms with Crippen molar-refractivity contribution in [2.24, 2.45) is 5.92 Å². The average molecular weight is 320 g/mol. The topological polar surface area (TPSA) is 58.6 Å². The van der Waals surface area contributed by atoms with Gasteiger partial charge in [-0.1, -0.05) is 0 Å². The molecule has 2 heterocycles. The summed E-state index contributed by atoms with van der Waals surface area (Å²) < 4.78 is 5.41. The van der Waals surface area contributed by atoms with Gasteiger partial charge in [-0.25, -0.2) is 14.8 Å². The van der Waals surface area contributed by atoms with Crippen molar-refractivity contribution in [1.29, 1.82) is 0 Å². The summed E-state index contributed by atoms with van der Waals surface area (Å²) in [5.74, 6) is 2.22. The van der Waals surface area contributed by atoms with E-state index in [-0.39, 0.29) is 6.09 Å². The molecule has 23 heavy (non-hydrogen) atoms. The first-order chi connectivity index (χ1) is 10.6. The second kappa shape index (κ2) is 6.72. The zero-order valence-electron chi connectivity index (χ0n) is 15.1. The molecule has 1 saturated heterocycles. The molecular weight excluding hydrogens is 292 g/mol. The summed E-state index contributed by atoms with van der Waals surface area (Å²) in [5, 5.41) is 0. The molecule has 6 nitrogen and oxygen atoms in total. The van der Waals surface area contributed by atoms with E-state index in [4.69, 9.17) is 4.74 Å². The van der Waals surface area contributed by atoms with E-state index >= 15 is 0 Å². The first-order valence-corrected chi connectivity index (χ1v) is 8.15. The van der Waals surface area contributed by atoms with Crippen molar-refractivity contribution in [2.45, 2.75) is 46.6 Å². The number of aryl methyl sites for hydroxylation is 2. The van der Waals surface area contributed by atoms with Crippen LogP contribution in [0.5, 0.6) is 0 Å². The third kappa shape index (κ3) is 5.08. The van der Waals surface area contributed by atoms with E-state index in [1.165, 1.54) is 0 Å². The summed E-state index contributed by atoms with van der Waals surface area (Å²) in [5.41, 5.74) is 0.533. The molecule has 1 atom stereocenters. The number of ether oxygens (including phenoxy) is 1. The lowest BCUT2D eigenvalue weighted by Gasteiger charge is -2.26. The molecule has 0 saturated carbocycles. The van der Waals surface area contributed by atoms with Gasteiger partial charge in [-0.15, -0.1) is 0 Å². The lowest BCUT2D eigenvalue weighted by molar-refractivity contribution is 0.0277. The largest absolute Gasteiger partial charge is 0.444 e. The van der Waals surface area contributed by atoms with Crippen LogP contribution in [-0.4, -0.2) is 53.2 Å². The molecule has 0 aliphatic carbocycles. The van der Waals surface area contributed by atoms with Crippen LogP contribution >= 0.6 is 0 Å². The Morgan fingerprint density at radius 2 is 2.09 bits per heavy atom. The van der Waals surface area contributed by atoms with Gasteiger partial charge >= 0.3 is 6.09 Å². The molecule has 2 rings (SSSR count). The number of rotatable bonds is 3. The third-order valence-electron chi connectivity index (χ3n) is 3.80. The first-order valence-electron chi connectivity index (χ1n) is 8.15. The molecule has 1 aliphatic heterocycles. The lowest BCUT2D eigenvalue weighted by atomic mass is 10.1. The minimum atomic E-state index is -0.455. The molecule has 1 amide bonds. The fourth-order valence-electron chi connectivity index (χ4n) is 2.85. The Morgan fingerprint density at radius 3 is 2.70 bits per heavy atom. The minimum Gasteiger partial charge on any atom is -0.444 e. The molecule has 0 aromatic carbocycles. The van der Waals surface area contributed by atoms with Gasteiger partial charge in [0.25, 0.3) is 0 Å². The van der Waals surface area contributed by atoms with Crippen molar-refractivity contribution < 1.29 is 9.53 Å². The second-order valence-electron chi connectivity index (χ2n) is 7.38. The predicted octanol–water partition coefficient (Wildman–Crippen LogP) is 2.79. The highest BCUT2D eigenvalue weighted by atomic mass is 16.6. The molecule has 1 unspecified atom stereocenters. The van der Waals surface area contributed by atoms with Crippen LogP contribution in [0, 0.1) is 19.8 Å². The van der Waals surface area contributed by atoms with Gasteiger partial charge in [0, 0.05) is 38.4 Å². The molecule has 0 bridgehead atoms. The molecule has 1 aromatic rings. The quantitative estimate of drug-likeness (QED) is 0.857. The SMILES string of the molecule is Cc1cc(N2CCC(CN(C)C(=O)OC(C)(C)C)C2)nc(C)n1. The van der Waals surface area contributed by atoms with E-state index in [0.29, 0.717) is 12.5 Å². The normalized spacial score (nSPS) is 18.2. The number of hydrogen-bond acceptors (Lipinski definition) is 5. The molecular formula is C17H28N4O2. The maximum atomic E-state index is 12.1. The van der Waals surface area contributed by atoms with Crippen molar-refractivity contribution >= 4 is 11.9 Å². The second-order valence-corrected chi connectivity index (χ2v) is 7.38. The van der Waals surface area contributed by atoms with Gasteiger partial charge in [0.2, 0.25) is 0 Å². The summed E-state index contributed by atoms with van der Waals surface area (Å²) in [6, 6.07) is 2.02. The zero-order chi connectivity index (χ0) is 17.2. The molecule has 0 radical (unpaired) electrons. The van der Waals surface area contributed by atoms with Gasteiger partial charge in [-0.2, -0.15) is 0 Å². The Hall–Kier alpha value is -1.85. The third-order valence-corrected chi connectivity index (χ3v) is 3.80. The van der Waals surface area contributed by atoms with Gasteiger partial charge < -0.3 is 14.5 Å². The number of nitrogens with zero attached hydrogens (tertiary/aromatic N) is 4. The highest BCUT2D eigenvalue weighted by Gasteiger charge is 2.27. The van der Waals surface area contributed by atoms with Crippen molar-refractivity contribution in [3.63, 3.8) is 0 Å². The van der Waals surface area contributed by atoms with E-state index in [0.717, 1.165) is 36.8 Å². The molecule has 6 heteroatoms. The van der Waals surface area contributed by atoms with Crippen LogP contribution in [0.2, 0.25) is 0 Å². The summed E-state index contributed by atoms with van der Waals surface area (Å²) in [6.45, 7) is 12.1. The van der Waals surface area contributed by atoms with E-state index < -0.39 is 5.60 Å². The smallest absolute Gasteiger partial charge is 0.410 e. The summed E-state index contributed by atoms with van der Waals surface area (Å²) in [4.78, 5) is 24.9. The monoisotopic (exact) mass is 320 g/mol. The fraction of sp³-hybridized carbons (Fsp3) is 0.706. The highest BCUT2D eigenvalue weighted by Crippen LogP contribution is 2.23. The van der Waals surface area contributed by atoms with Crippen LogP contribution in [-0.2, 0) is 4.74 Å². The Kier molecular flexibility index (Phi) is 5.12. The molecule has 128 valence electrons. The number of anilines is 1. The van der Waals surface area contributed by atoms with Crippen LogP contribution < -0.4 is 4.90 Å². The fourth-order valence-corrected chi connectivity index (χ4v) is 2.85. The summed E-state index contributed by atoms with van der Waals surface area (Å²) in [7, 11) is 1.80. The molecule has 0 N–H and O–H groups in total. The molecule has 0 spiro atoms. The Morgan fingerprint density at radius 1 is 1.39 bits per heavy atom. The van der Waals surface area contributed by atoms with Crippen molar-refractivity contribution in [3.8, 4) is 0 Å². The maximum absolute atomic E-state index is 12.1. The summed E-state index contributed by atoms with van der Waals surface area (Å²) >= 11 is 0. The standard InChI is InChI=1S/C17H28N4O2/c1-12-9-15(19-13(2)18-12)21-8-7-14(11-21)10-20(6)16(22)23-17(3,4)5/h9,14H,7-8,10-11H2,1-6H3. The van der Waals surface area contributed by atoms with Crippen LogP contribution in [0.4, 0.5) is 10.6 Å². The van der Waals surface area contributed by atoms with Gasteiger partial charge in [0.15, 0.2) is 0 Å². The van der Waals surface area contributed by atoms with Crippen LogP contribution in [0.1, 0.15) is 38.7 Å². The van der Waals surface area contributed by atoms with E-state index in [1.54, 1.807) is 11.9 Å². The van der Waals surface area contributed by atoms with Crippen molar-refractivity contribution in [2.75, 3.05) is 31.6 Å². The molecule has 1 aromatic heterocycles. The zero-order valence-corrected chi connectivity index (χ0v) is 15.1. The predicted molar refractivity (Wildman–Crippen MR) is 90.7 cm³/mol. The maximum Gasteiger partial charge on any atom is 0.410 e. The number of carbonyl (C=O) groups excluding carboxylic acids is 1. The number of aromatic nitrogens is 2. The highest BCUT2D eigenvalue weighted by molar-refractivity contribution is 5.67. The van der Waals surface area contributed by atoms with Crippen molar-refractivity contribution in [3.05, 3.63) is 17.6 Å². The summed E-state index contributed by atoms with van der Waals surface area (Å²) in [6.07, 6.45) is 0.791. The Labute approximate surface area is 138 Å². The van der Waals surface area contributed by atoms with Gasteiger partial charge in [0.1, 0.15) is 17.2 Å². The Bertz CT molecular complexity index is 548. The lowest BCUT2D eigenvalue weighted by Crippen LogP contribution is -2.37. The average Bonchev–Trinajstić information content (AvgIpc) is 2.84. The Balaban J connectivity index is 1.91. The number of amides is 1. The van der Waals surface area contributed by atoms with E-state index in [2.05, 4.69) is 14.9 Å². The number of hydrogen-bond donors (Lipinski definition) is 0.